The van der Waals surface area contributed by atoms with Crippen molar-refractivity contribution >= 4 is 5.91 Å². The molecule has 2 heterocycles. The van der Waals surface area contributed by atoms with Crippen LogP contribution in [0.2, 0.25) is 0 Å². The van der Waals surface area contributed by atoms with Gasteiger partial charge in [0.05, 0.1) is 5.69 Å². The third-order valence-corrected chi connectivity index (χ3v) is 2.21. The predicted molar refractivity (Wildman–Crippen MR) is 46.5 cm³/mol. The minimum Gasteiger partial charge on any atom is -0.360 e. The molecule has 0 aromatic carbocycles. The van der Waals surface area contributed by atoms with Crippen LogP contribution < -0.4 is 5.32 Å². The van der Waals surface area contributed by atoms with Gasteiger partial charge in [0, 0.05) is 12.0 Å². The Balaban J connectivity index is 2.51. The number of carbonyl (C=O) groups is 1. The number of hydrogen-bond acceptors (Lipinski definition) is 3. The molecule has 0 radical (unpaired) electrons. The van der Waals surface area contributed by atoms with Gasteiger partial charge in [0.1, 0.15) is 5.56 Å². The van der Waals surface area contributed by atoms with E-state index in [-0.39, 0.29) is 11.4 Å². The van der Waals surface area contributed by atoms with Crippen molar-refractivity contribution in [3.63, 3.8) is 0 Å². The summed E-state index contributed by atoms with van der Waals surface area (Å²) in [5.74, 6) is 0.622. The number of aromatic nitrogens is 1. The van der Waals surface area contributed by atoms with Gasteiger partial charge in [-0.05, 0) is 20.8 Å². The number of rotatable bonds is 0. The van der Waals surface area contributed by atoms with Gasteiger partial charge in [-0.25, -0.2) is 0 Å². The molecule has 0 unspecified atom stereocenters. The molecule has 1 aromatic rings. The van der Waals surface area contributed by atoms with Crippen LogP contribution in [-0.4, -0.2) is 16.6 Å². The van der Waals surface area contributed by atoms with Crippen molar-refractivity contribution in [3.8, 4) is 0 Å². The lowest BCUT2D eigenvalue weighted by Crippen LogP contribution is -2.48. The fourth-order valence-corrected chi connectivity index (χ4v) is 1.64. The zero-order valence-electron chi connectivity index (χ0n) is 7.97. The molecular formula is C9H12N2O2. The van der Waals surface area contributed by atoms with Crippen LogP contribution in [0.3, 0.4) is 0 Å². The molecule has 1 aromatic heterocycles. The summed E-state index contributed by atoms with van der Waals surface area (Å²) in [7, 11) is 0. The lowest BCUT2D eigenvalue weighted by molar-refractivity contribution is 0.0888. The van der Waals surface area contributed by atoms with Gasteiger partial charge in [-0.3, -0.25) is 4.79 Å². The molecule has 0 aliphatic carbocycles. The summed E-state index contributed by atoms with van der Waals surface area (Å²) in [6.45, 7) is 5.71. The van der Waals surface area contributed by atoms with Crippen molar-refractivity contribution in [1.29, 1.82) is 0 Å². The van der Waals surface area contributed by atoms with Crippen LogP contribution in [0, 0.1) is 6.92 Å². The van der Waals surface area contributed by atoms with Gasteiger partial charge < -0.3 is 9.84 Å². The van der Waals surface area contributed by atoms with Crippen LogP contribution in [0.1, 0.15) is 35.7 Å². The highest BCUT2D eigenvalue weighted by atomic mass is 16.5. The average Bonchev–Trinajstić information content (AvgIpc) is 2.28. The average molecular weight is 180 g/mol. The minimum atomic E-state index is -0.226. The van der Waals surface area contributed by atoms with Gasteiger partial charge >= 0.3 is 0 Å². The molecule has 0 saturated carbocycles. The van der Waals surface area contributed by atoms with Crippen LogP contribution in [0.5, 0.6) is 0 Å². The van der Waals surface area contributed by atoms with Gasteiger partial charge in [-0.2, -0.15) is 0 Å². The molecule has 0 spiro atoms. The Bertz CT molecular complexity index is 366. The van der Waals surface area contributed by atoms with Gasteiger partial charge in [0.25, 0.3) is 5.91 Å². The summed E-state index contributed by atoms with van der Waals surface area (Å²) in [6, 6.07) is 0. The van der Waals surface area contributed by atoms with Gasteiger partial charge in [0.15, 0.2) is 5.76 Å². The molecule has 70 valence electrons. The maximum absolute atomic E-state index is 11.6. The first-order chi connectivity index (χ1) is 5.99. The van der Waals surface area contributed by atoms with Gasteiger partial charge in [-0.15, -0.1) is 0 Å². The molecule has 1 aliphatic rings. The molecule has 13 heavy (non-hydrogen) atoms. The van der Waals surface area contributed by atoms with E-state index in [1.807, 2.05) is 13.8 Å². The fourth-order valence-electron chi connectivity index (χ4n) is 1.64. The second-order valence-corrected chi connectivity index (χ2v) is 4.08. The van der Waals surface area contributed by atoms with Crippen molar-refractivity contribution in [3.05, 3.63) is 17.0 Å². The largest absolute Gasteiger partial charge is 0.360 e. The molecule has 1 amide bonds. The van der Waals surface area contributed by atoms with Crippen molar-refractivity contribution in [2.45, 2.75) is 32.7 Å². The van der Waals surface area contributed by atoms with E-state index >= 15 is 0 Å². The monoisotopic (exact) mass is 180 g/mol. The van der Waals surface area contributed by atoms with E-state index < -0.39 is 0 Å². The van der Waals surface area contributed by atoms with E-state index in [4.69, 9.17) is 4.52 Å². The molecule has 0 fully saturated rings. The summed E-state index contributed by atoms with van der Waals surface area (Å²) >= 11 is 0. The third kappa shape index (κ3) is 1.22. The van der Waals surface area contributed by atoms with Crippen molar-refractivity contribution in [1.82, 2.24) is 10.5 Å². The standard InChI is InChI=1S/C9H12N2O2/c1-5-7-6(13-11-5)4-9(2,3)10-8(7)12/h4H2,1-3H3,(H,10,12). The Morgan fingerprint density at radius 2 is 2.23 bits per heavy atom. The maximum Gasteiger partial charge on any atom is 0.257 e. The summed E-state index contributed by atoms with van der Waals surface area (Å²) in [4.78, 5) is 11.6. The Labute approximate surface area is 76.3 Å². The number of amides is 1. The summed E-state index contributed by atoms with van der Waals surface area (Å²) in [5.41, 5.74) is 1.05. The maximum atomic E-state index is 11.6. The number of nitrogens with one attached hydrogen (secondary N) is 1. The molecule has 4 nitrogen and oxygen atoms in total. The molecule has 0 saturated heterocycles. The number of aryl methyl sites for hydroxylation is 1. The molecule has 0 atom stereocenters. The molecule has 2 rings (SSSR count). The quantitative estimate of drug-likeness (QED) is 0.649. The van der Waals surface area contributed by atoms with Gasteiger partial charge in [0.2, 0.25) is 0 Å². The first kappa shape index (κ1) is 8.29. The van der Waals surface area contributed by atoms with Crippen molar-refractivity contribution < 1.29 is 9.32 Å². The lowest BCUT2D eigenvalue weighted by atomic mass is 9.91. The normalized spacial score (nSPS) is 19.5. The second-order valence-electron chi connectivity index (χ2n) is 4.08. The first-order valence-electron chi connectivity index (χ1n) is 4.27. The molecule has 0 bridgehead atoms. The van der Waals surface area contributed by atoms with E-state index in [0.717, 1.165) is 0 Å². The van der Waals surface area contributed by atoms with Gasteiger partial charge in [-0.1, -0.05) is 5.16 Å². The van der Waals surface area contributed by atoms with Crippen molar-refractivity contribution in [2.24, 2.45) is 0 Å². The van der Waals surface area contributed by atoms with Crippen LogP contribution in [0.15, 0.2) is 4.52 Å². The summed E-state index contributed by atoms with van der Waals surface area (Å²) in [6.07, 6.45) is 0.703. The smallest absolute Gasteiger partial charge is 0.257 e. The zero-order chi connectivity index (χ0) is 9.64. The van der Waals surface area contributed by atoms with Crippen LogP contribution in [0.25, 0.3) is 0 Å². The predicted octanol–water partition coefficient (Wildman–Crippen LogP) is 1.05. The zero-order valence-corrected chi connectivity index (χ0v) is 7.97. The molecular weight excluding hydrogens is 168 g/mol. The van der Waals surface area contributed by atoms with Crippen molar-refractivity contribution in [2.75, 3.05) is 0 Å². The van der Waals surface area contributed by atoms with Crippen LogP contribution in [-0.2, 0) is 6.42 Å². The molecule has 1 N–H and O–H groups in total. The topological polar surface area (TPSA) is 55.1 Å². The molecule has 1 aliphatic heterocycles. The summed E-state index contributed by atoms with van der Waals surface area (Å²) in [5, 5.41) is 6.68. The minimum absolute atomic E-state index is 0.0787. The fraction of sp³-hybridized carbons (Fsp3) is 0.556. The third-order valence-electron chi connectivity index (χ3n) is 2.21. The number of hydrogen-bond donors (Lipinski definition) is 1. The SMILES string of the molecule is Cc1noc2c1C(=O)NC(C)(C)C2. The highest BCUT2D eigenvalue weighted by molar-refractivity contribution is 5.97. The Morgan fingerprint density at radius 3 is 2.92 bits per heavy atom. The highest BCUT2D eigenvalue weighted by Crippen LogP contribution is 2.24. The highest BCUT2D eigenvalue weighted by Gasteiger charge is 2.34. The number of fused-ring (bicyclic) bond motifs is 1. The Morgan fingerprint density at radius 1 is 1.54 bits per heavy atom. The van der Waals surface area contributed by atoms with E-state index in [1.165, 1.54) is 0 Å². The first-order valence-corrected chi connectivity index (χ1v) is 4.27. The van der Waals surface area contributed by atoms with Crippen LogP contribution in [0.4, 0.5) is 0 Å². The van der Waals surface area contributed by atoms with Crippen LogP contribution >= 0.6 is 0 Å². The second kappa shape index (κ2) is 2.34. The lowest BCUT2D eigenvalue weighted by Gasteiger charge is -2.29. The summed E-state index contributed by atoms with van der Waals surface area (Å²) < 4.78 is 5.08. The number of carbonyl (C=O) groups excluding carboxylic acids is 1. The number of nitrogens with zero attached hydrogens (tertiary/aromatic N) is 1. The molecule has 4 heteroatoms. The van der Waals surface area contributed by atoms with E-state index in [1.54, 1.807) is 6.92 Å². The van der Waals surface area contributed by atoms with E-state index in [2.05, 4.69) is 10.5 Å². The Kier molecular flexibility index (Phi) is 1.49. The van der Waals surface area contributed by atoms with E-state index in [0.29, 0.717) is 23.4 Å². The Hall–Kier alpha value is -1.32. The van der Waals surface area contributed by atoms with E-state index in [9.17, 15) is 4.79 Å².